The molecule has 0 saturated carbocycles. The second kappa shape index (κ2) is 8.37. The number of hydrogen-bond donors (Lipinski definition) is 2. The monoisotopic (exact) mass is 367 g/mol. The van der Waals surface area contributed by atoms with Crippen molar-refractivity contribution in [2.45, 2.75) is 6.54 Å². The Balaban J connectivity index is 1.63. The number of nitrogens with two attached hydrogens (primary N) is 1. The zero-order valence-electron chi connectivity index (χ0n) is 15.0. The van der Waals surface area contributed by atoms with E-state index in [1.807, 2.05) is 30.5 Å². The number of carbonyl (C=O) groups is 2. The zero-order valence-corrected chi connectivity index (χ0v) is 15.0. The number of ether oxygens (including phenoxy) is 2. The molecule has 0 aliphatic heterocycles. The first-order valence-corrected chi connectivity index (χ1v) is 8.48. The van der Waals surface area contributed by atoms with Crippen LogP contribution in [-0.2, 0) is 16.1 Å². The van der Waals surface area contributed by atoms with Crippen molar-refractivity contribution in [3.63, 3.8) is 0 Å². The average molecular weight is 367 g/mol. The number of methoxy groups -OCH3 is 1. The van der Waals surface area contributed by atoms with Crippen LogP contribution in [0.1, 0.15) is 10.4 Å². The molecule has 2 aromatic carbocycles. The molecule has 3 rings (SSSR count). The summed E-state index contributed by atoms with van der Waals surface area (Å²) >= 11 is 0. The molecule has 27 heavy (non-hydrogen) atoms. The minimum absolute atomic E-state index is 0.125. The predicted octanol–water partition coefficient (Wildman–Crippen LogP) is 2.40. The van der Waals surface area contributed by atoms with Crippen molar-refractivity contribution in [3.05, 3.63) is 60.3 Å². The van der Waals surface area contributed by atoms with E-state index in [1.54, 1.807) is 31.4 Å². The van der Waals surface area contributed by atoms with Crippen LogP contribution in [0.3, 0.4) is 0 Å². The molecule has 2 amide bonds. The lowest BCUT2D eigenvalue weighted by atomic mass is 10.2. The molecule has 0 saturated heterocycles. The van der Waals surface area contributed by atoms with Crippen molar-refractivity contribution in [2.24, 2.45) is 5.73 Å². The summed E-state index contributed by atoms with van der Waals surface area (Å²) in [5.74, 6) is -0.165. The lowest BCUT2D eigenvalue weighted by Gasteiger charge is -2.10. The quantitative estimate of drug-likeness (QED) is 0.639. The Morgan fingerprint density at radius 1 is 1.11 bits per heavy atom. The second-order valence-corrected chi connectivity index (χ2v) is 5.97. The Labute approximate surface area is 156 Å². The Hall–Kier alpha value is -3.32. The van der Waals surface area contributed by atoms with Crippen LogP contribution >= 0.6 is 0 Å². The number of fused-ring (bicyclic) bond motifs is 1. The topological polar surface area (TPSA) is 95.6 Å². The first kappa shape index (κ1) is 18.5. The average Bonchev–Trinajstić information content (AvgIpc) is 3.09. The summed E-state index contributed by atoms with van der Waals surface area (Å²) < 4.78 is 12.9. The van der Waals surface area contributed by atoms with E-state index in [1.165, 1.54) is 0 Å². The number of nitrogens with zero attached hydrogens (tertiary/aromatic N) is 1. The number of aromatic nitrogens is 1. The van der Waals surface area contributed by atoms with E-state index in [4.69, 9.17) is 15.2 Å². The molecular formula is C20H21N3O4. The highest BCUT2D eigenvalue weighted by atomic mass is 16.5. The van der Waals surface area contributed by atoms with E-state index >= 15 is 0 Å². The lowest BCUT2D eigenvalue weighted by molar-refractivity contribution is -0.118. The molecule has 0 fully saturated rings. The van der Waals surface area contributed by atoms with Crippen LogP contribution in [0.4, 0.5) is 5.69 Å². The van der Waals surface area contributed by atoms with Crippen LogP contribution in [0.15, 0.2) is 54.7 Å². The van der Waals surface area contributed by atoms with Crippen LogP contribution < -0.4 is 15.8 Å². The van der Waals surface area contributed by atoms with E-state index in [2.05, 4.69) is 9.88 Å². The lowest BCUT2D eigenvalue weighted by Crippen LogP contribution is -2.20. The van der Waals surface area contributed by atoms with Crippen molar-refractivity contribution >= 4 is 28.4 Å². The van der Waals surface area contributed by atoms with Crippen LogP contribution in [0.25, 0.3) is 10.9 Å². The number of anilines is 1. The minimum atomic E-state index is -0.512. The van der Waals surface area contributed by atoms with Gasteiger partial charge in [0, 0.05) is 36.5 Å². The SMILES string of the molecule is COCCn1ccc2c(OCC(=O)Nc3ccc(C(N)=O)cc3)cccc21. The van der Waals surface area contributed by atoms with Gasteiger partial charge in [0.2, 0.25) is 5.91 Å². The molecule has 7 nitrogen and oxygen atoms in total. The van der Waals surface area contributed by atoms with Gasteiger partial charge in [-0.2, -0.15) is 0 Å². The molecular weight excluding hydrogens is 346 g/mol. The summed E-state index contributed by atoms with van der Waals surface area (Å²) in [6.07, 6.45) is 1.97. The summed E-state index contributed by atoms with van der Waals surface area (Å²) in [7, 11) is 1.67. The Kier molecular flexibility index (Phi) is 5.73. The van der Waals surface area contributed by atoms with E-state index in [0.29, 0.717) is 23.6 Å². The standard InChI is InChI=1S/C20H21N3O4/c1-26-12-11-23-10-9-16-17(23)3-2-4-18(16)27-13-19(24)22-15-7-5-14(6-8-15)20(21)25/h2-10H,11-13H2,1H3,(H2,21,25)(H,22,24). The van der Waals surface area contributed by atoms with Gasteiger partial charge in [-0.15, -0.1) is 0 Å². The molecule has 0 unspecified atom stereocenters. The summed E-state index contributed by atoms with van der Waals surface area (Å²) in [5.41, 5.74) is 7.17. The maximum atomic E-state index is 12.1. The number of primary amides is 1. The van der Waals surface area contributed by atoms with E-state index < -0.39 is 5.91 Å². The number of carbonyl (C=O) groups excluding carboxylic acids is 2. The van der Waals surface area contributed by atoms with Gasteiger partial charge in [0.05, 0.1) is 12.1 Å². The predicted molar refractivity (Wildman–Crippen MR) is 103 cm³/mol. The van der Waals surface area contributed by atoms with Gasteiger partial charge in [-0.05, 0) is 42.5 Å². The van der Waals surface area contributed by atoms with Gasteiger partial charge in [0.25, 0.3) is 5.91 Å². The molecule has 1 aromatic heterocycles. The van der Waals surface area contributed by atoms with Gasteiger partial charge in [-0.25, -0.2) is 0 Å². The number of rotatable bonds is 8. The van der Waals surface area contributed by atoms with Crippen LogP contribution in [0.2, 0.25) is 0 Å². The number of benzene rings is 2. The van der Waals surface area contributed by atoms with E-state index in [-0.39, 0.29) is 12.5 Å². The van der Waals surface area contributed by atoms with Crippen molar-refractivity contribution < 1.29 is 19.1 Å². The minimum Gasteiger partial charge on any atom is -0.483 e. The highest BCUT2D eigenvalue weighted by Gasteiger charge is 2.09. The second-order valence-electron chi connectivity index (χ2n) is 5.97. The molecule has 1 heterocycles. The molecule has 7 heteroatoms. The Morgan fingerprint density at radius 3 is 2.59 bits per heavy atom. The van der Waals surface area contributed by atoms with Crippen LogP contribution in [0.5, 0.6) is 5.75 Å². The third kappa shape index (κ3) is 4.45. The molecule has 0 atom stereocenters. The van der Waals surface area contributed by atoms with Crippen LogP contribution in [0, 0.1) is 0 Å². The highest BCUT2D eigenvalue weighted by Crippen LogP contribution is 2.26. The van der Waals surface area contributed by atoms with Gasteiger partial charge >= 0.3 is 0 Å². The van der Waals surface area contributed by atoms with Gasteiger partial charge in [-0.3, -0.25) is 9.59 Å². The summed E-state index contributed by atoms with van der Waals surface area (Å²) in [5, 5.41) is 3.66. The van der Waals surface area contributed by atoms with Gasteiger partial charge < -0.3 is 25.1 Å². The van der Waals surface area contributed by atoms with E-state index in [9.17, 15) is 9.59 Å². The largest absolute Gasteiger partial charge is 0.483 e. The number of amides is 2. The summed E-state index contributed by atoms with van der Waals surface area (Å²) in [6.45, 7) is 1.23. The van der Waals surface area contributed by atoms with Crippen molar-refractivity contribution in [2.75, 3.05) is 25.6 Å². The maximum Gasteiger partial charge on any atom is 0.262 e. The Morgan fingerprint density at radius 2 is 1.89 bits per heavy atom. The normalized spacial score (nSPS) is 10.7. The van der Waals surface area contributed by atoms with Gasteiger partial charge in [0.15, 0.2) is 6.61 Å². The van der Waals surface area contributed by atoms with Crippen molar-refractivity contribution in [1.82, 2.24) is 4.57 Å². The molecule has 0 spiro atoms. The fourth-order valence-corrected chi connectivity index (χ4v) is 2.76. The molecule has 3 N–H and O–H groups in total. The molecule has 0 aliphatic carbocycles. The van der Waals surface area contributed by atoms with Crippen LogP contribution in [-0.4, -0.2) is 36.7 Å². The smallest absolute Gasteiger partial charge is 0.262 e. The fraction of sp³-hybridized carbons (Fsp3) is 0.200. The molecule has 0 aliphatic rings. The van der Waals surface area contributed by atoms with E-state index in [0.717, 1.165) is 17.4 Å². The highest BCUT2D eigenvalue weighted by molar-refractivity contribution is 5.95. The van der Waals surface area contributed by atoms with Gasteiger partial charge in [0.1, 0.15) is 5.75 Å². The number of nitrogens with one attached hydrogen (secondary N) is 1. The third-order valence-electron chi connectivity index (χ3n) is 4.12. The van der Waals surface area contributed by atoms with Crippen molar-refractivity contribution in [3.8, 4) is 5.75 Å². The van der Waals surface area contributed by atoms with Gasteiger partial charge in [-0.1, -0.05) is 6.07 Å². The summed E-state index contributed by atoms with van der Waals surface area (Å²) in [6, 6.07) is 14.0. The number of hydrogen-bond acceptors (Lipinski definition) is 4. The maximum absolute atomic E-state index is 12.1. The first-order chi connectivity index (χ1) is 13.1. The van der Waals surface area contributed by atoms with Crippen molar-refractivity contribution in [1.29, 1.82) is 0 Å². The first-order valence-electron chi connectivity index (χ1n) is 8.48. The molecule has 3 aromatic rings. The third-order valence-corrected chi connectivity index (χ3v) is 4.12. The summed E-state index contributed by atoms with van der Waals surface area (Å²) in [4.78, 5) is 23.2. The Bertz CT molecular complexity index is 948. The zero-order chi connectivity index (χ0) is 19.2. The molecule has 140 valence electrons. The molecule has 0 radical (unpaired) electrons. The molecule has 0 bridgehead atoms. The fourth-order valence-electron chi connectivity index (χ4n) is 2.76.